The number of aliphatic hydroxyl groups excluding tert-OH is 1. The van der Waals surface area contributed by atoms with Gasteiger partial charge in [0.05, 0.1) is 24.7 Å². The summed E-state index contributed by atoms with van der Waals surface area (Å²) in [5.74, 6) is 0.749. The van der Waals surface area contributed by atoms with Gasteiger partial charge in [0, 0.05) is 31.6 Å². The van der Waals surface area contributed by atoms with Crippen molar-refractivity contribution in [3.63, 3.8) is 0 Å². The van der Waals surface area contributed by atoms with Crippen LogP contribution in [0.5, 0.6) is 0 Å². The highest BCUT2D eigenvalue weighted by molar-refractivity contribution is 6.02. The third-order valence-electron chi connectivity index (χ3n) is 5.50. The molecule has 2 heterocycles. The zero-order valence-electron chi connectivity index (χ0n) is 18.4. The van der Waals surface area contributed by atoms with Crippen molar-refractivity contribution in [3.05, 3.63) is 95.4 Å². The SMILES string of the molecule is Cc1ccccc1C1=NOC(CN(Cc2ccccc2)CC(O)COCc2ccco2)C1. The predicted octanol–water partition coefficient (Wildman–Crippen LogP) is 4.16. The average molecular weight is 435 g/mol. The van der Waals surface area contributed by atoms with E-state index in [9.17, 15) is 5.11 Å². The molecule has 2 aromatic carbocycles. The lowest BCUT2D eigenvalue weighted by molar-refractivity contribution is -0.00955. The van der Waals surface area contributed by atoms with Crippen molar-refractivity contribution in [3.8, 4) is 0 Å². The van der Waals surface area contributed by atoms with Crippen molar-refractivity contribution in [2.75, 3.05) is 19.7 Å². The summed E-state index contributed by atoms with van der Waals surface area (Å²) in [6.07, 6.45) is 1.70. The molecule has 1 aliphatic heterocycles. The molecule has 168 valence electrons. The van der Waals surface area contributed by atoms with Crippen LogP contribution in [0.3, 0.4) is 0 Å². The quantitative estimate of drug-likeness (QED) is 0.491. The molecule has 2 unspecified atom stereocenters. The van der Waals surface area contributed by atoms with Gasteiger partial charge < -0.3 is 19.1 Å². The summed E-state index contributed by atoms with van der Waals surface area (Å²) in [5.41, 5.74) is 4.50. The summed E-state index contributed by atoms with van der Waals surface area (Å²) in [7, 11) is 0. The van der Waals surface area contributed by atoms with Crippen LogP contribution in [0.15, 0.2) is 82.6 Å². The summed E-state index contributed by atoms with van der Waals surface area (Å²) in [5, 5.41) is 15.0. The molecule has 1 aromatic heterocycles. The number of furan rings is 1. The molecule has 1 N–H and O–H groups in total. The molecule has 0 fully saturated rings. The van der Waals surface area contributed by atoms with E-state index in [2.05, 4.69) is 41.2 Å². The van der Waals surface area contributed by atoms with E-state index >= 15 is 0 Å². The average Bonchev–Trinajstić information content (AvgIpc) is 3.47. The molecule has 2 atom stereocenters. The van der Waals surface area contributed by atoms with Crippen molar-refractivity contribution in [1.82, 2.24) is 4.90 Å². The number of benzene rings is 2. The fourth-order valence-electron chi connectivity index (χ4n) is 3.96. The van der Waals surface area contributed by atoms with E-state index in [1.165, 1.54) is 11.1 Å². The van der Waals surface area contributed by atoms with Crippen LogP contribution in [-0.2, 0) is 22.7 Å². The molecular formula is C26H30N2O4. The van der Waals surface area contributed by atoms with Crippen LogP contribution in [-0.4, -0.2) is 47.6 Å². The first kappa shape index (κ1) is 22.3. The number of ether oxygens (including phenoxy) is 1. The minimum absolute atomic E-state index is 0.0513. The van der Waals surface area contributed by atoms with Crippen LogP contribution in [0, 0.1) is 6.92 Å². The predicted molar refractivity (Wildman–Crippen MR) is 123 cm³/mol. The van der Waals surface area contributed by atoms with E-state index in [1.54, 1.807) is 6.26 Å². The largest absolute Gasteiger partial charge is 0.467 e. The Balaban J connectivity index is 1.33. The van der Waals surface area contributed by atoms with Crippen molar-refractivity contribution >= 4 is 5.71 Å². The van der Waals surface area contributed by atoms with E-state index < -0.39 is 6.10 Å². The van der Waals surface area contributed by atoms with Gasteiger partial charge in [0.25, 0.3) is 0 Å². The Labute approximate surface area is 189 Å². The molecule has 0 saturated carbocycles. The maximum absolute atomic E-state index is 10.6. The zero-order chi connectivity index (χ0) is 22.2. The second-order valence-corrected chi connectivity index (χ2v) is 8.21. The number of hydrogen-bond donors (Lipinski definition) is 1. The molecule has 6 heteroatoms. The summed E-state index contributed by atoms with van der Waals surface area (Å²) < 4.78 is 10.9. The van der Waals surface area contributed by atoms with Gasteiger partial charge in [-0.2, -0.15) is 0 Å². The van der Waals surface area contributed by atoms with Crippen LogP contribution in [0.2, 0.25) is 0 Å². The first-order valence-electron chi connectivity index (χ1n) is 11.0. The highest BCUT2D eigenvalue weighted by atomic mass is 16.6. The van der Waals surface area contributed by atoms with Gasteiger partial charge in [0.2, 0.25) is 0 Å². The standard InChI is InChI=1S/C26H30N2O4/c1-20-8-5-6-12-25(20)26-14-24(32-27-26)17-28(15-21-9-3-2-4-10-21)16-22(29)18-30-19-23-11-7-13-31-23/h2-13,22,24,29H,14-19H2,1H3. The van der Waals surface area contributed by atoms with E-state index in [1.807, 2.05) is 42.5 Å². The second kappa shape index (κ2) is 11.1. The smallest absolute Gasteiger partial charge is 0.145 e. The highest BCUT2D eigenvalue weighted by Gasteiger charge is 2.26. The Morgan fingerprint density at radius 1 is 1.09 bits per heavy atom. The Morgan fingerprint density at radius 3 is 2.69 bits per heavy atom. The first-order chi connectivity index (χ1) is 15.7. The molecule has 0 amide bonds. The van der Waals surface area contributed by atoms with Gasteiger partial charge in [-0.25, -0.2) is 0 Å². The molecule has 0 saturated heterocycles. The lowest BCUT2D eigenvalue weighted by Crippen LogP contribution is -2.39. The number of aliphatic hydroxyl groups is 1. The molecule has 3 aromatic rings. The van der Waals surface area contributed by atoms with E-state index in [4.69, 9.17) is 14.0 Å². The Kier molecular flexibility index (Phi) is 7.72. The van der Waals surface area contributed by atoms with Crippen molar-refractivity contribution in [1.29, 1.82) is 0 Å². The van der Waals surface area contributed by atoms with Crippen molar-refractivity contribution in [2.24, 2.45) is 5.16 Å². The molecule has 0 radical (unpaired) electrons. The lowest BCUT2D eigenvalue weighted by Gasteiger charge is -2.27. The van der Waals surface area contributed by atoms with Gasteiger partial charge in [0.1, 0.15) is 18.5 Å². The minimum atomic E-state index is -0.619. The van der Waals surface area contributed by atoms with E-state index in [-0.39, 0.29) is 12.7 Å². The third-order valence-corrected chi connectivity index (χ3v) is 5.50. The molecule has 32 heavy (non-hydrogen) atoms. The Morgan fingerprint density at radius 2 is 1.91 bits per heavy atom. The van der Waals surface area contributed by atoms with Gasteiger partial charge in [-0.15, -0.1) is 0 Å². The molecule has 1 aliphatic rings. The number of aryl methyl sites for hydroxylation is 1. The zero-order valence-corrected chi connectivity index (χ0v) is 18.4. The molecule has 0 bridgehead atoms. The van der Waals surface area contributed by atoms with Crippen LogP contribution in [0.25, 0.3) is 0 Å². The van der Waals surface area contributed by atoms with Gasteiger partial charge in [-0.1, -0.05) is 59.8 Å². The lowest BCUT2D eigenvalue weighted by atomic mass is 10.00. The summed E-state index contributed by atoms with van der Waals surface area (Å²) in [6.45, 7) is 4.54. The fraction of sp³-hybridized carbons (Fsp3) is 0.346. The van der Waals surface area contributed by atoms with Gasteiger partial charge in [-0.3, -0.25) is 4.90 Å². The minimum Gasteiger partial charge on any atom is -0.467 e. The number of oxime groups is 1. The van der Waals surface area contributed by atoms with Crippen molar-refractivity contribution < 1.29 is 19.1 Å². The highest BCUT2D eigenvalue weighted by Crippen LogP contribution is 2.21. The van der Waals surface area contributed by atoms with E-state index in [0.29, 0.717) is 19.7 Å². The monoisotopic (exact) mass is 434 g/mol. The van der Waals surface area contributed by atoms with Gasteiger partial charge >= 0.3 is 0 Å². The van der Waals surface area contributed by atoms with Crippen LogP contribution < -0.4 is 0 Å². The number of nitrogens with zero attached hydrogens (tertiary/aromatic N) is 2. The molecule has 0 aliphatic carbocycles. The van der Waals surface area contributed by atoms with Crippen LogP contribution >= 0.6 is 0 Å². The third kappa shape index (κ3) is 6.29. The van der Waals surface area contributed by atoms with Gasteiger partial charge in [-0.05, 0) is 30.2 Å². The molecule has 0 spiro atoms. The van der Waals surface area contributed by atoms with Crippen molar-refractivity contribution in [2.45, 2.75) is 38.7 Å². The maximum Gasteiger partial charge on any atom is 0.145 e. The summed E-state index contributed by atoms with van der Waals surface area (Å²) >= 11 is 0. The van der Waals surface area contributed by atoms with Gasteiger partial charge in [0.15, 0.2) is 0 Å². The number of rotatable bonds is 11. The summed E-state index contributed by atoms with van der Waals surface area (Å²) in [6, 6.07) is 22.2. The number of hydrogen-bond acceptors (Lipinski definition) is 6. The molecule has 4 rings (SSSR count). The maximum atomic E-state index is 10.6. The van der Waals surface area contributed by atoms with Crippen LogP contribution in [0.1, 0.15) is 28.9 Å². The Bertz CT molecular complexity index is 988. The molecular weight excluding hydrogens is 404 g/mol. The molecule has 6 nitrogen and oxygen atoms in total. The van der Waals surface area contributed by atoms with E-state index in [0.717, 1.165) is 30.0 Å². The van der Waals surface area contributed by atoms with Crippen LogP contribution in [0.4, 0.5) is 0 Å². The summed E-state index contributed by atoms with van der Waals surface area (Å²) in [4.78, 5) is 7.98. The topological polar surface area (TPSA) is 67.4 Å². The fourth-order valence-corrected chi connectivity index (χ4v) is 3.96. The normalized spacial score (nSPS) is 16.7. The first-order valence-corrected chi connectivity index (χ1v) is 11.0. The second-order valence-electron chi connectivity index (χ2n) is 8.21. The Hall–Kier alpha value is -2.93.